The number of fused-ring (bicyclic) bond motifs is 1. The molecule has 0 N–H and O–H groups in total. The Morgan fingerprint density at radius 2 is 1.50 bits per heavy atom. The average Bonchev–Trinajstić information content (AvgIpc) is 3.18. The summed E-state index contributed by atoms with van der Waals surface area (Å²) < 4.78 is 0. The monoisotopic (exact) mass is 418 g/mol. The molecular weight excluding hydrogens is 400 g/mol. The van der Waals surface area contributed by atoms with Gasteiger partial charge >= 0.3 is 0 Å². The van der Waals surface area contributed by atoms with Crippen molar-refractivity contribution in [3.05, 3.63) is 95.5 Å². The van der Waals surface area contributed by atoms with Crippen LogP contribution in [0.25, 0.3) is 0 Å². The zero-order valence-corrected chi connectivity index (χ0v) is 17.0. The summed E-state index contributed by atoms with van der Waals surface area (Å²) in [5, 5.41) is 2.16. The summed E-state index contributed by atoms with van der Waals surface area (Å²) in [6, 6.07) is 25.5. The molecule has 2 saturated heterocycles. The fourth-order valence-corrected chi connectivity index (χ4v) is 4.61. The number of hydroxylamine groups is 1. The molecule has 5 nitrogen and oxygen atoms in total. The van der Waals surface area contributed by atoms with E-state index in [4.69, 9.17) is 16.4 Å². The normalized spacial score (nSPS) is 25.7. The van der Waals surface area contributed by atoms with Crippen LogP contribution in [-0.2, 0) is 14.4 Å². The van der Waals surface area contributed by atoms with Crippen molar-refractivity contribution in [2.75, 3.05) is 9.96 Å². The molecule has 2 heterocycles. The van der Waals surface area contributed by atoms with E-state index in [9.17, 15) is 9.59 Å². The van der Waals surface area contributed by atoms with E-state index in [0.717, 1.165) is 11.3 Å². The highest BCUT2D eigenvalue weighted by molar-refractivity contribution is 6.31. The molecule has 0 bridgehead atoms. The SMILES string of the molecule is C[C@@]12C(=O)N(c3cccc(Cl)c3)C(=O)[C@@H]1ON(c1ccccc1)[C@H]2c1ccccc1. The number of imide groups is 1. The van der Waals surface area contributed by atoms with Gasteiger partial charge in [0.1, 0.15) is 5.41 Å². The molecule has 0 unspecified atom stereocenters. The fraction of sp³-hybridized carbons (Fsp3) is 0.167. The predicted octanol–water partition coefficient (Wildman–Crippen LogP) is 4.78. The summed E-state index contributed by atoms with van der Waals surface area (Å²) in [6.07, 6.45) is -0.936. The van der Waals surface area contributed by atoms with E-state index in [1.807, 2.05) is 67.6 Å². The molecule has 150 valence electrons. The van der Waals surface area contributed by atoms with E-state index >= 15 is 0 Å². The molecule has 3 aromatic rings. The molecule has 6 heteroatoms. The number of carbonyl (C=O) groups excluding carboxylic acids is 2. The lowest BCUT2D eigenvalue weighted by molar-refractivity contribution is -0.128. The first-order valence-electron chi connectivity index (χ1n) is 9.72. The van der Waals surface area contributed by atoms with Crippen LogP contribution in [0.4, 0.5) is 11.4 Å². The van der Waals surface area contributed by atoms with E-state index in [2.05, 4.69) is 0 Å². The van der Waals surface area contributed by atoms with Gasteiger partial charge in [0.2, 0.25) is 5.91 Å². The Morgan fingerprint density at radius 1 is 0.867 bits per heavy atom. The molecule has 3 atom stereocenters. The van der Waals surface area contributed by atoms with Crippen LogP contribution in [0.2, 0.25) is 5.02 Å². The lowest BCUT2D eigenvalue weighted by Crippen LogP contribution is -2.41. The van der Waals surface area contributed by atoms with Crippen LogP contribution >= 0.6 is 11.6 Å². The molecule has 30 heavy (non-hydrogen) atoms. The molecule has 2 amide bonds. The zero-order valence-electron chi connectivity index (χ0n) is 16.2. The minimum atomic E-state index is -1.10. The largest absolute Gasteiger partial charge is 0.273 e. The Hall–Kier alpha value is -3.15. The lowest BCUT2D eigenvalue weighted by Gasteiger charge is -2.32. The summed E-state index contributed by atoms with van der Waals surface area (Å²) >= 11 is 6.11. The van der Waals surface area contributed by atoms with Gasteiger partial charge in [0.25, 0.3) is 5.91 Å². The number of hydrogen-bond donors (Lipinski definition) is 0. The third-order valence-electron chi connectivity index (χ3n) is 5.87. The van der Waals surface area contributed by atoms with Crippen LogP contribution in [0.3, 0.4) is 0 Å². The maximum absolute atomic E-state index is 13.7. The van der Waals surface area contributed by atoms with E-state index in [1.54, 1.807) is 29.3 Å². The van der Waals surface area contributed by atoms with Crippen molar-refractivity contribution in [3.8, 4) is 0 Å². The van der Waals surface area contributed by atoms with Crippen molar-refractivity contribution in [2.45, 2.75) is 19.1 Å². The number of benzene rings is 3. The van der Waals surface area contributed by atoms with E-state index in [1.165, 1.54) is 4.90 Å². The number of nitrogens with zero attached hydrogens (tertiary/aromatic N) is 2. The van der Waals surface area contributed by atoms with Crippen molar-refractivity contribution in [1.82, 2.24) is 0 Å². The van der Waals surface area contributed by atoms with Crippen LogP contribution in [0.5, 0.6) is 0 Å². The van der Waals surface area contributed by atoms with Crippen molar-refractivity contribution in [3.63, 3.8) is 0 Å². The summed E-state index contributed by atoms with van der Waals surface area (Å²) in [4.78, 5) is 34.5. The van der Waals surface area contributed by atoms with Crippen LogP contribution in [0.15, 0.2) is 84.9 Å². The molecule has 0 spiro atoms. The number of carbonyl (C=O) groups is 2. The van der Waals surface area contributed by atoms with Crippen LogP contribution < -0.4 is 9.96 Å². The number of halogens is 1. The van der Waals surface area contributed by atoms with Crippen molar-refractivity contribution in [1.29, 1.82) is 0 Å². The lowest BCUT2D eigenvalue weighted by atomic mass is 9.76. The fourth-order valence-electron chi connectivity index (χ4n) is 4.42. The third kappa shape index (κ3) is 2.66. The molecule has 5 rings (SSSR count). The molecule has 2 fully saturated rings. The number of hydrogen-bond acceptors (Lipinski definition) is 4. The number of amides is 2. The van der Waals surface area contributed by atoms with Gasteiger partial charge in [0.15, 0.2) is 6.10 Å². The van der Waals surface area contributed by atoms with Gasteiger partial charge in [-0.1, -0.05) is 66.2 Å². The van der Waals surface area contributed by atoms with Gasteiger partial charge in [-0.2, -0.15) is 0 Å². The van der Waals surface area contributed by atoms with Gasteiger partial charge in [-0.05, 0) is 42.8 Å². The summed E-state index contributed by atoms with van der Waals surface area (Å²) in [6.45, 7) is 1.81. The molecule has 2 aliphatic rings. The van der Waals surface area contributed by atoms with Crippen LogP contribution in [-0.4, -0.2) is 17.9 Å². The van der Waals surface area contributed by atoms with Gasteiger partial charge in [0.05, 0.1) is 17.4 Å². The zero-order chi connectivity index (χ0) is 20.9. The second-order valence-corrected chi connectivity index (χ2v) is 8.14. The van der Waals surface area contributed by atoms with E-state index in [0.29, 0.717) is 10.7 Å². The number of para-hydroxylation sites is 1. The first-order valence-corrected chi connectivity index (χ1v) is 10.1. The summed E-state index contributed by atoms with van der Waals surface area (Å²) in [7, 11) is 0. The third-order valence-corrected chi connectivity index (χ3v) is 6.10. The first-order chi connectivity index (χ1) is 14.5. The molecular formula is C24H19ClN2O3. The van der Waals surface area contributed by atoms with Gasteiger partial charge in [-0.15, -0.1) is 0 Å². The van der Waals surface area contributed by atoms with Crippen molar-refractivity contribution >= 4 is 34.8 Å². The number of anilines is 2. The summed E-state index contributed by atoms with van der Waals surface area (Å²) in [5.74, 6) is -0.684. The Balaban J connectivity index is 1.64. The van der Waals surface area contributed by atoms with Gasteiger partial charge in [0, 0.05) is 5.02 Å². The van der Waals surface area contributed by atoms with Gasteiger partial charge in [-0.25, -0.2) is 9.96 Å². The maximum atomic E-state index is 13.7. The minimum Gasteiger partial charge on any atom is -0.273 e. The number of rotatable bonds is 3. The molecule has 3 aromatic carbocycles. The van der Waals surface area contributed by atoms with Gasteiger partial charge in [-0.3, -0.25) is 14.4 Å². The van der Waals surface area contributed by atoms with Crippen molar-refractivity contribution < 1.29 is 14.4 Å². The second-order valence-electron chi connectivity index (χ2n) is 7.70. The smallest absolute Gasteiger partial charge is 0.266 e. The Morgan fingerprint density at radius 3 is 2.17 bits per heavy atom. The minimum absolute atomic E-state index is 0.299. The average molecular weight is 419 g/mol. The van der Waals surface area contributed by atoms with Gasteiger partial charge < -0.3 is 0 Å². The molecule has 0 aliphatic carbocycles. The maximum Gasteiger partial charge on any atom is 0.266 e. The Bertz CT molecular complexity index is 1120. The van der Waals surface area contributed by atoms with E-state index in [-0.39, 0.29) is 11.8 Å². The highest BCUT2D eigenvalue weighted by atomic mass is 35.5. The molecule has 0 saturated carbocycles. The van der Waals surface area contributed by atoms with Crippen LogP contribution in [0, 0.1) is 5.41 Å². The Labute approximate surface area is 179 Å². The highest BCUT2D eigenvalue weighted by Crippen LogP contribution is 2.55. The van der Waals surface area contributed by atoms with Crippen LogP contribution in [0.1, 0.15) is 18.5 Å². The second kappa shape index (κ2) is 6.97. The molecule has 0 radical (unpaired) electrons. The first kappa shape index (κ1) is 18.9. The quantitative estimate of drug-likeness (QED) is 0.574. The standard InChI is InChI=1S/C24H19ClN2O3/c1-24-20(16-9-4-2-5-10-16)27(18-12-6-3-7-13-18)30-21(24)22(28)26(23(24)29)19-14-8-11-17(25)15-19/h2-15,20-21H,1H3/t20-,21-,24-/m0/s1. The Kier molecular flexibility index (Phi) is 4.38. The molecule has 2 aliphatic heterocycles. The van der Waals surface area contributed by atoms with E-state index < -0.39 is 17.6 Å². The molecule has 0 aromatic heterocycles. The van der Waals surface area contributed by atoms with Crippen molar-refractivity contribution in [2.24, 2.45) is 5.41 Å². The highest BCUT2D eigenvalue weighted by Gasteiger charge is 2.68. The topological polar surface area (TPSA) is 49.9 Å². The predicted molar refractivity (Wildman–Crippen MR) is 115 cm³/mol. The summed E-state index contributed by atoms with van der Waals surface area (Å²) in [5.41, 5.74) is 1.04.